The number of benzene rings is 1. The summed E-state index contributed by atoms with van der Waals surface area (Å²) in [5, 5.41) is 13.2. The molecule has 8 nitrogen and oxygen atoms in total. The highest BCUT2D eigenvalue weighted by atomic mass is 32.2. The fraction of sp³-hybridized carbons (Fsp3) is 0.500. The van der Waals surface area contributed by atoms with Crippen molar-refractivity contribution in [3.05, 3.63) is 33.9 Å². The van der Waals surface area contributed by atoms with Gasteiger partial charge in [-0.15, -0.1) is 0 Å². The van der Waals surface area contributed by atoms with Crippen LogP contribution in [-0.4, -0.2) is 41.9 Å². The highest BCUT2D eigenvalue weighted by Gasteiger charge is 2.46. The third-order valence-electron chi connectivity index (χ3n) is 4.21. The van der Waals surface area contributed by atoms with Gasteiger partial charge in [0.1, 0.15) is 0 Å². The Morgan fingerprint density at radius 2 is 2.00 bits per heavy atom. The van der Waals surface area contributed by atoms with Crippen LogP contribution in [0.1, 0.15) is 18.4 Å². The molecule has 1 amide bonds. The van der Waals surface area contributed by atoms with Crippen molar-refractivity contribution in [1.82, 2.24) is 4.31 Å². The van der Waals surface area contributed by atoms with E-state index in [2.05, 4.69) is 5.32 Å². The number of hydrogen-bond donors (Lipinski definition) is 1. The average molecular weight is 339 g/mol. The SMILES string of the molecule is Cc1ccc([N+](=O)[O-])cc1NC(=O)C1CN(S(=O)(=O)C2CC2)C1. The summed E-state index contributed by atoms with van der Waals surface area (Å²) in [5.74, 6) is -0.724. The predicted octanol–water partition coefficient (Wildman–Crippen LogP) is 1.27. The van der Waals surface area contributed by atoms with Gasteiger partial charge in [0, 0.05) is 25.2 Å². The van der Waals surface area contributed by atoms with E-state index in [0.717, 1.165) is 0 Å². The molecule has 1 aromatic carbocycles. The van der Waals surface area contributed by atoms with Gasteiger partial charge in [-0.3, -0.25) is 14.9 Å². The van der Waals surface area contributed by atoms with Crippen LogP contribution in [0.3, 0.4) is 0 Å². The molecule has 0 bridgehead atoms. The van der Waals surface area contributed by atoms with Crippen molar-refractivity contribution in [2.45, 2.75) is 25.0 Å². The van der Waals surface area contributed by atoms with Gasteiger partial charge in [-0.2, -0.15) is 4.31 Å². The Labute approximate surface area is 133 Å². The number of nitro benzene ring substituents is 1. The second kappa shape index (κ2) is 5.57. The maximum Gasteiger partial charge on any atom is 0.271 e. The minimum atomic E-state index is -3.23. The lowest BCUT2D eigenvalue weighted by Crippen LogP contribution is -2.55. The number of hydrogen-bond acceptors (Lipinski definition) is 5. The van der Waals surface area contributed by atoms with Gasteiger partial charge in [0.2, 0.25) is 15.9 Å². The van der Waals surface area contributed by atoms with Gasteiger partial charge in [0.05, 0.1) is 21.8 Å². The number of non-ortho nitro benzene ring substituents is 1. The maximum atomic E-state index is 12.2. The molecule has 0 radical (unpaired) electrons. The van der Waals surface area contributed by atoms with Crippen molar-refractivity contribution < 1.29 is 18.1 Å². The number of amides is 1. The minimum Gasteiger partial charge on any atom is -0.325 e. The molecule has 0 spiro atoms. The van der Waals surface area contributed by atoms with Crippen LogP contribution in [0.4, 0.5) is 11.4 Å². The molecule has 0 unspecified atom stereocenters. The van der Waals surface area contributed by atoms with Crippen molar-refractivity contribution in [1.29, 1.82) is 0 Å². The largest absolute Gasteiger partial charge is 0.325 e. The number of rotatable bonds is 5. The first-order valence-electron chi connectivity index (χ1n) is 7.34. The number of nitro groups is 1. The molecule has 124 valence electrons. The maximum absolute atomic E-state index is 12.2. The van der Waals surface area contributed by atoms with Crippen LogP contribution in [0.15, 0.2) is 18.2 Å². The highest BCUT2D eigenvalue weighted by Crippen LogP contribution is 2.34. The number of aryl methyl sites for hydroxylation is 1. The Bertz CT molecular complexity index is 767. The zero-order chi connectivity index (χ0) is 16.8. The smallest absolute Gasteiger partial charge is 0.271 e. The molecule has 1 aliphatic heterocycles. The molecule has 2 aliphatic rings. The van der Waals surface area contributed by atoms with Crippen LogP contribution in [-0.2, 0) is 14.8 Å². The second-order valence-corrected chi connectivity index (χ2v) is 8.22. The summed E-state index contributed by atoms with van der Waals surface area (Å²) in [6, 6.07) is 4.25. The monoisotopic (exact) mass is 339 g/mol. The molecule has 3 rings (SSSR count). The topological polar surface area (TPSA) is 110 Å². The van der Waals surface area contributed by atoms with Crippen LogP contribution in [0.25, 0.3) is 0 Å². The summed E-state index contributed by atoms with van der Waals surface area (Å²) in [7, 11) is -3.23. The highest BCUT2D eigenvalue weighted by molar-refractivity contribution is 7.90. The van der Waals surface area contributed by atoms with Crippen molar-refractivity contribution in [2.24, 2.45) is 5.92 Å². The first-order valence-corrected chi connectivity index (χ1v) is 8.84. The average Bonchev–Trinajstić information content (AvgIpc) is 3.23. The minimum absolute atomic E-state index is 0.0996. The zero-order valence-electron chi connectivity index (χ0n) is 12.6. The van der Waals surface area contributed by atoms with Crippen LogP contribution in [0, 0.1) is 23.0 Å². The third kappa shape index (κ3) is 3.06. The van der Waals surface area contributed by atoms with Gasteiger partial charge in [-0.25, -0.2) is 8.42 Å². The van der Waals surface area contributed by atoms with E-state index in [0.29, 0.717) is 24.1 Å². The Balaban J connectivity index is 1.63. The molecule has 1 saturated carbocycles. The van der Waals surface area contributed by atoms with Gasteiger partial charge in [0.25, 0.3) is 5.69 Å². The fourth-order valence-corrected chi connectivity index (χ4v) is 4.41. The van der Waals surface area contributed by atoms with E-state index in [4.69, 9.17) is 0 Å². The van der Waals surface area contributed by atoms with Crippen molar-refractivity contribution in [2.75, 3.05) is 18.4 Å². The number of carbonyl (C=O) groups excluding carboxylic acids is 1. The van der Waals surface area contributed by atoms with E-state index >= 15 is 0 Å². The number of nitrogens with zero attached hydrogens (tertiary/aromatic N) is 2. The second-order valence-electron chi connectivity index (χ2n) is 6.00. The fourth-order valence-electron chi connectivity index (χ4n) is 2.48. The Morgan fingerprint density at radius 3 is 2.57 bits per heavy atom. The number of nitrogens with one attached hydrogen (secondary N) is 1. The molecule has 0 aromatic heterocycles. The van der Waals surface area contributed by atoms with Crippen LogP contribution >= 0.6 is 0 Å². The molecule has 1 aliphatic carbocycles. The van der Waals surface area contributed by atoms with Gasteiger partial charge >= 0.3 is 0 Å². The molecular formula is C14H17N3O5S. The van der Waals surface area contributed by atoms with Gasteiger partial charge < -0.3 is 5.32 Å². The van der Waals surface area contributed by atoms with Gasteiger partial charge in [0.15, 0.2) is 0 Å². The normalized spacial score (nSPS) is 19.2. The van der Waals surface area contributed by atoms with E-state index in [9.17, 15) is 23.3 Å². The lowest BCUT2D eigenvalue weighted by molar-refractivity contribution is -0.384. The molecule has 9 heteroatoms. The summed E-state index contributed by atoms with van der Waals surface area (Å²) in [6.45, 7) is 2.10. The van der Waals surface area contributed by atoms with E-state index in [1.54, 1.807) is 13.0 Å². The summed E-state index contributed by atoms with van der Waals surface area (Å²) in [6.07, 6.45) is 1.39. The molecule has 1 heterocycles. The van der Waals surface area contributed by atoms with Crippen LogP contribution < -0.4 is 5.32 Å². The Kier molecular flexibility index (Phi) is 3.85. The summed E-state index contributed by atoms with van der Waals surface area (Å²) in [5.41, 5.74) is 0.996. The quantitative estimate of drug-likeness (QED) is 0.641. The molecule has 0 atom stereocenters. The number of carbonyl (C=O) groups is 1. The Hall–Kier alpha value is -2.00. The van der Waals surface area contributed by atoms with Crippen molar-refractivity contribution in [3.63, 3.8) is 0 Å². The number of sulfonamides is 1. The van der Waals surface area contributed by atoms with Gasteiger partial charge in [-0.1, -0.05) is 6.07 Å². The molecule has 1 N–H and O–H groups in total. The number of anilines is 1. The Morgan fingerprint density at radius 1 is 1.35 bits per heavy atom. The van der Waals surface area contributed by atoms with Gasteiger partial charge in [-0.05, 0) is 25.3 Å². The molecule has 1 saturated heterocycles. The lowest BCUT2D eigenvalue weighted by Gasteiger charge is -2.37. The molecule has 23 heavy (non-hydrogen) atoms. The first-order chi connectivity index (χ1) is 10.8. The molecular weight excluding hydrogens is 322 g/mol. The predicted molar refractivity (Wildman–Crippen MR) is 83.5 cm³/mol. The first kappa shape index (κ1) is 15.9. The van der Waals surface area contributed by atoms with E-state index in [-0.39, 0.29) is 29.9 Å². The standard InChI is InChI=1S/C14H17N3O5S/c1-9-2-3-11(17(19)20)6-13(9)15-14(18)10-7-16(8-10)23(21,22)12-4-5-12/h2-3,6,10,12H,4-5,7-8H2,1H3,(H,15,18). The van der Waals surface area contributed by atoms with E-state index in [1.165, 1.54) is 16.4 Å². The van der Waals surface area contributed by atoms with E-state index < -0.39 is 20.9 Å². The molecule has 2 fully saturated rings. The molecule has 1 aromatic rings. The zero-order valence-corrected chi connectivity index (χ0v) is 13.4. The van der Waals surface area contributed by atoms with Crippen LogP contribution in [0.5, 0.6) is 0 Å². The summed E-state index contributed by atoms with van der Waals surface area (Å²) in [4.78, 5) is 22.5. The van der Waals surface area contributed by atoms with Crippen molar-refractivity contribution >= 4 is 27.3 Å². The lowest BCUT2D eigenvalue weighted by atomic mass is 10.0. The third-order valence-corrected chi connectivity index (χ3v) is 6.55. The van der Waals surface area contributed by atoms with E-state index in [1.807, 2.05) is 0 Å². The van der Waals surface area contributed by atoms with Crippen molar-refractivity contribution in [3.8, 4) is 0 Å². The summed E-state index contributed by atoms with van der Waals surface area (Å²) < 4.78 is 25.3. The van der Waals surface area contributed by atoms with Crippen LogP contribution in [0.2, 0.25) is 0 Å². The summed E-state index contributed by atoms with van der Waals surface area (Å²) >= 11 is 0.